The van der Waals surface area contributed by atoms with E-state index in [1.807, 2.05) is 26.8 Å². The Morgan fingerprint density at radius 2 is 2.21 bits per heavy atom. The Morgan fingerprint density at radius 3 is 2.84 bits per heavy atom. The van der Waals surface area contributed by atoms with E-state index in [1.165, 1.54) is 4.68 Å². The molecule has 0 aliphatic carbocycles. The van der Waals surface area contributed by atoms with Gasteiger partial charge in [-0.05, 0) is 18.4 Å². The lowest BCUT2D eigenvalue weighted by molar-refractivity contribution is 0.591. The third-order valence-electron chi connectivity index (χ3n) is 2.68. The summed E-state index contributed by atoms with van der Waals surface area (Å²) in [4.78, 5) is 8.06. The topological polar surface area (TPSA) is 55.6 Å². The average Bonchev–Trinajstić information content (AvgIpc) is 2.87. The number of hydrogen-bond acceptors (Lipinski definition) is 4. The van der Waals surface area contributed by atoms with Gasteiger partial charge in [-0.1, -0.05) is 20.8 Å². The van der Waals surface area contributed by atoms with Crippen molar-refractivity contribution in [2.24, 2.45) is 0 Å². The molecule has 6 heteroatoms. The van der Waals surface area contributed by atoms with Gasteiger partial charge in [0, 0.05) is 12.7 Å². The van der Waals surface area contributed by atoms with Crippen molar-refractivity contribution >= 4 is 5.95 Å². The molecule has 0 fully saturated rings. The first kappa shape index (κ1) is 13.5. The van der Waals surface area contributed by atoms with Crippen molar-refractivity contribution in [1.82, 2.24) is 19.7 Å². The first-order valence-electron chi connectivity index (χ1n) is 6.44. The third-order valence-corrected chi connectivity index (χ3v) is 2.68. The van der Waals surface area contributed by atoms with Crippen LogP contribution in [0.1, 0.15) is 38.8 Å². The number of nitrogens with zero attached hydrogens (tertiary/aromatic N) is 4. The summed E-state index contributed by atoms with van der Waals surface area (Å²) in [6.07, 6.45) is 3.83. The van der Waals surface area contributed by atoms with E-state index < -0.39 is 5.82 Å². The molecule has 2 aromatic heterocycles. The normalized spacial score (nSPS) is 11.0. The van der Waals surface area contributed by atoms with Crippen molar-refractivity contribution in [3.63, 3.8) is 0 Å². The molecule has 0 spiro atoms. The maximum Gasteiger partial charge on any atom is 0.224 e. The molecule has 19 heavy (non-hydrogen) atoms. The molecule has 0 aliphatic heterocycles. The molecule has 2 rings (SSSR count). The maximum atomic E-state index is 13.8. The predicted molar refractivity (Wildman–Crippen MR) is 72.0 cm³/mol. The summed E-state index contributed by atoms with van der Waals surface area (Å²) in [5.41, 5.74) is 0.904. The van der Waals surface area contributed by atoms with Gasteiger partial charge in [0.05, 0.1) is 11.9 Å². The molecule has 1 N–H and O–H groups in total. The summed E-state index contributed by atoms with van der Waals surface area (Å²) in [5.74, 6) is 0.393. The van der Waals surface area contributed by atoms with Crippen molar-refractivity contribution in [2.45, 2.75) is 33.1 Å². The molecule has 0 atom stereocenters. The molecule has 0 aliphatic rings. The zero-order chi connectivity index (χ0) is 13.8. The predicted octanol–water partition coefficient (Wildman–Crippen LogP) is 2.75. The molecule has 102 valence electrons. The number of nitrogens with one attached hydrogen (secondary N) is 1. The lowest BCUT2D eigenvalue weighted by atomic mass is 10.1. The van der Waals surface area contributed by atoms with Gasteiger partial charge < -0.3 is 5.32 Å². The molecule has 0 saturated carbocycles. The summed E-state index contributed by atoms with van der Waals surface area (Å²) in [6.45, 7) is 6.87. The van der Waals surface area contributed by atoms with Crippen molar-refractivity contribution in [3.8, 4) is 5.82 Å². The van der Waals surface area contributed by atoms with Gasteiger partial charge in [0.25, 0.3) is 0 Å². The smallest absolute Gasteiger partial charge is 0.224 e. The third kappa shape index (κ3) is 3.07. The highest BCUT2D eigenvalue weighted by atomic mass is 19.1. The first-order chi connectivity index (χ1) is 9.11. The van der Waals surface area contributed by atoms with E-state index in [2.05, 4.69) is 20.4 Å². The minimum absolute atomic E-state index is 0.167. The van der Waals surface area contributed by atoms with Gasteiger partial charge in [-0.15, -0.1) is 0 Å². The van der Waals surface area contributed by atoms with Crippen LogP contribution in [0.5, 0.6) is 0 Å². The molecule has 0 bridgehead atoms. The van der Waals surface area contributed by atoms with E-state index in [0.29, 0.717) is 11.9 Å². The molecule has 2 aromatic rings. The van der Waals surface area contributed by atoms with Crippen molar-refractivity contribution < 1.29 is 4.39 Å². The van der Waals surface area contributed by atoms with Crippen molar-refractivity contribution in [2.75, 3.05) is 11.9 Å². The number of rotatable bonds is 5. The summed E-state index contributed by atoms with van der Waals surface area (Å²) in [7, 11) is 0. The molecule has 0 aromatic carbocycles. The van der Waals surface area contributed by atoms with Crippen LogP contribution in [0, 0.1) is 5.82 Å². The molecule has 2 heterocycles. The van der Waals surface area contributed by atoms with Gasteiger partial charge in [0.15, 0.2) is 11.6 Å². The summed E-state index contributed by atoms with van der Waals surface area (Å²) >= 11 is 0. The Balaban J connectivity index is 2.31. The largest absolute Gasteiger partial charge is 0.354 e. The highest BCUT2D eigenvalue weighted by Gasteiger charge is 2.11. The minimum Gasteiger partial charge on any atom is -0.354 e. The standard InChI is InChI=1S/C13H18FN5/c1-4-6-15-13-16-8-10(14)12(17-13)19-7-5-11(18-19)9(2)3/h5,7-9H,4,6H2,1-3H3,(H,15,16,17). The fourth-order valence-electron chi connectivity index (χ4n) is 1.60. The van der Waals surface area contributed by atoms with Crippen LogP contribution in [0.15, 0.2) is 18.5 Å². The Kier molecular flexibility index (Phi) is 4.09. The maximum absolute atomic E-state index is 13.8. The van der Waals surface area contributed by atoms with Crippen molar-refractivity contribution in [3.05, 3.63) is 30.0 Å². The van der Waals surface area contributed by atoms with E-state index in [0.717, 1.165) is 24.9 Å². The van der Waals surface area contributed by atoms with Gasteiger partial charge >= 0.3 is 0 Å². The van der Waals surface area contributed by atoms with Gasteiger partial charge in [-0.25, -0.2) is 14.1 Å². The fourth-order valence-corrected chi connectivity index (χ4v) is 1.60. The van der Waals surface area contributed by atoms with Crippen LogP contribution in [0.2, 0.25) is 0 Å². The van der Waals surface area contributed by atoms with Crippen LogP contribution >= 0.6 is 0 Å². The molecule has 0 saturated heterocycles. The van der Waals surface area contributed by atoms with E-state index in [1.54, 1.807) is 6.20 Å². The average molecular weight is 263 g/mol. The zero-order valence-electron chi connectivity index (χ0n) is 11.4. The second kappa shape index (κ2) is 5.77. The molecule has 0 unspecified atom stereocenters. The number of hydrogen-bond donors (Lipinski definition) is 1. The molecular weight excluding hydrogens is 245 g/mol. The number of anilines is 1. The zero-order valence-corrected chi connectivity index (χ0v) is 11.4. The van der Waals surface area contributed by atoms with Gasteiger partial charge in [0.1, 0.15) is 0 Å². The first-order valence-corrected chi connectivity index (χ1v) is 6.44. The SMILES string of the molecule is CCCNc1ncc(F)c(-n2ccc(C(C)C)n2)n1. The lowest BCUT2D eigenvalue weighted by Crippen LogP contribution is -2.09. The highest BCUT2D eigenvalue weighted by molar-refractivity contribution is 5.32. The van der Waals surface area contributed by atoms with Crippen LogP contribution in [0.25, 0.3) is 5.82 Å². The Hall–Kier alpha value is -1.98. The molecule has 0 amide bonds. The van der Waals surface area contributed by atoms with E-state index in [-0.39, 0.29) is 5.82 Å². The van der Waals surface area contributed by atoms with Gasteiger partial charge in [-0.2, -0.15) is 10.1 Å². The molecule has 5 nitrogen and oxygen atoms in total. The summed E-state index contributed by atoms with van der Waals surface area (Å²) in [5, 5.41) is 7.35. The second-order valence-corrected chi connectivity index (χ2v) is 4.63. The van der Waals surface area contributed by atoms with Crippen LogP contribution in [-0.2, 0) is 0 Å². The lowest BCUT2D eigenvalue weighted by Gasteiger charge is -2.06. The fraction of sp³-hybridized carbons (Fsp3) is 0.462. The molecule has 0 radical (unpaired) electrons. The number of aromatic nitrogens is 4. The van der Waals surface area contributed by atoms with E-state index >= 15 is 0 Å². The monoisotopic (exact) mass is 263 g/mol. The van der Waals surface area contributed by atoms with Crippen LogP contribution < -0.4 is 5.32 Å². The van der Waals surface area contributed by atoms with E-state index in [4.69, 9.17) is 0 Å². The summed E-state index contributed by atoms with van der Waals surface area (Å²) in [6, 6.07) is 1.87. The Bertz CT molecular complexity index is 550. The van der Waals surface area contributed by atoms with Crippen molar-refractivity contribution in [1.29, 1.82) is 0 Å². The van der Waals surface area contributed by atoms with Crippen LogP contribution in [-0.4, -0.2) is 26.3 Å². The summed E-state index contributed by atoms with van der Waals surface area (Å²) < 4.78 is 15.2. The van der Waals surface area contributed by atoms with Gasteiger partial charge in [0.2, 0.25) is 5.95 Å². The highest BCUT2D eigenvalue weighted by Crippen LogP contribution is 2.15. The molecular formula is C13H18FN5. The van der Waals surface area contributed by atoms with Gasteiger partial charge in [-0.3, -0.25) is 0 Å². The number of halogens is 1. The second-order valence-electron chi connectivity index (χ2n) is 4.63. The van der Waals surface area contributed by atoms with E-state index in [9.17, 15) is 4.39 Å². The van der Waals surface area contributed by atoms with Crippen LogP contribution in [0.3, 0.4) is 0 Å². The quantitative estimate of drug-likeness (QED) is 0.901. The Labute approximate surface area is 111 Å². The van der Waals surface area contributed by atoms with Crippen LogP contribution in [0.4, 0.5) is 10.3 Å². The minimum atomic E-state index is -0.486. The Morgan fingerprint density at radius 1 is 1.42 bits per heavy atom.